The van der Waals surface area contributed by atoms with Gasteiger partial charge in [0.25, 0.3) is 0 Å². The summed E-state index contributed by atoms with van der Waals surface area (Å²) >= 11 is 0. The van der Waals surface area contributed by atoms with Crippen molar-refractivity contribution in [3.63, 3.8) is 0 Å². The summed E-state index contributed by atoms with van der Waals surface area (Å²) in [6.45, 7) is 9.07. The number of methoxy groups -OCH3 is 1. The summed E-state index contributed by atoms with van der Waals surface area (Å²) in [6, 6.07) is 0. The predicted molar refractivity (Wildman–Crippen MR) is 64.3 cm³/mol. The Balaban J connectivity index is 4.62. The van der Waals surface area contributed by atoms with E-state index >= 15 is 0 Å². The molecule has 0 rings (SSSR count). The van der Waals surface area contributed by atoms with E-state index in [1.807, 2.05) is 0 Å². The van der Waals surface area contributed by atoms with Crippen LogP contribution in [0, 0.1) is 0 Å². The molecule has 0 aliphatic carbocycles. The fraction of sp³-hybridized carbons (Fsp3) is 0.500. The number of nitrogens with zero attached hydrogens (tertiary/aromatic N) is 1. The molecule has 0 aromatic carbocycles. The van der Waals surface area contributed by atoms with Crippen molar-refractivity contribution in [2.75, 3.05) is 13.7 Å². The summed E-state index contributed by atoms with van der Waals surface area (Å²) in [5.41, 5.74) is -0.588. The molecule has 17 heavy (non-hydrogen) atoms. The van der Waals surface area contributed by atoms with Gasteiger partial charge >= 0.3 is 12.1 Å². The number of esters is 1. The third-order valence-corrected chi connectivity index (χ3v) is 1.55. The van der Waals surface area contributed by atoms with Gasteiger partial charge in [0.1, 0.15) is 5.60 Å². The maximum atomic E-state index is 11.7. The molecular weight excluding hydrogens is 222 g/mol. The minimum Gasteiger partial charge on any atom is -0.466 e. The standard InChI is InChI=1S/C12H19NO4/c1-6-8-13(9-7-10(14)16-5)11(15)17-12(2,3)4/h6-7,9H,1,8H2,2-5H3/b9-7+. The normalized spacial score (nSPS) is 11.1. The highest BCUT2D eigenvalue weighted by atomic mass is 16.6. The van der Waals surface area contributed by atoms with Crippen molar-refractivity contribution >= 4 is 12.1 Å². The molecule has 0 fully saturated rings. The Hall–Kier alpha value is -1.78. The van der Waals surface area contributed by atoms with E-state index in [0.717, 1.165) is 6.08 Å². The molecule has 0 N–H and O–H groups in total. The van der Waals surface area contributed by atoms with Crippen LogP contribution in [0.4, 0.5) is 4.79 Å². The lowest BCUT2D eigenvalue weighted by atomic mass is 10.2. The second kappa shape index (κ2) is 6.73. The summed E-state index contributed by atoms with van der Waals surface area (Å²) in [5.74, 6) is -0.539. The monoisotopic (exact) mass is 241 g/mol. The molecule has 5 heteroatoms. The van der Waals surface area contributed by atoms with Crippen molar-refractivity contribution < 1.29 is 19.1 Å². The van der Waals surface area contributed by atoms with Gasteiger partial charge in [0.15, 0.2) is 0 Å². The highest BCUT2D eigenvalue weighted by molar-refractivity contribution is 5.82. The maximum absolute atomic E-state index is 11.7. The van der Waals surface area contributed by atoms with Crippen molar-refractivity contribution in [2.45, 2.75) is 26.4 Å². The number of rotatable bonds is 4. The van der Waals surface area contributed by atoms with Gasteiger partial charge in [-0.2, -0.15) is 0 Å². The third kappa shape index (κ3) is 7.16. The number of ether oxygens (including phenoxy) is 2. The highest BCUT2D eigenvalue weighted by Crippen LogP contribution is 2.10. The first-order valence-electron chi connectivity index (χ1n) is 5.17. The Kier molecular flexibility index (Phi) is 6.02. The Morgan fingerprint density at radius 3 is 2.35 bits per heavy atom. The van der Waals surface area contributed by atoms with Crippen LogP contribution >= 0.6 is 0 Å². The molecule has 0 heterocycles. The van der Waals surface area contributed by atoms with E-state index in [1.54, 1.807) is 20.8 Å². The first kappa shape index (κ1) is 15.2. The molecule has 0 unspecified atom stereocenters. The van der Waals surface area contributed by atoms with E-state index in [1.165, 1.54) is 24.3 Å². The Labute approximate surface area is 102 Å². The minimum absolute atomic E-state index is 0.252. The van der Waals surface area contributed by atoms with Crippen molar-refractivity contribution in [1.29, 1.82) is 0 Å². The van der Waals surface area contributed by atoms with E-state index in [4.69, 9.17) is 4.74 Å². The SMILES string of the molecule is C=CCN(/C=C/C(=O)OC)C(=O)OC(C)(C)C. The summed E-state index contributed by atoms with van der Waals surface area (Å²) in [7, 11) is 1.26. The van der Waals surface area contributed by atoms with Crippen LogP contribution in [0.2, 0.25) is 0 Å². The predicted octanol–water partition coefficient (Wildman–Crippen LogP) is 2.10. The Morgan fingerprint density at radius 1 is 1.35 bits per heavy atom. The summed E-state index contributed by atoms with van der Waals surface area (Å²) in [5, 5.41) is 0. The van der Waals surface area contributed by atoms with Crippen LogP contribution in [-0.4, -0.2) is 36.2 Å². The first-order chi connectivity index (χ1) is 7.80. The molecule has 0 aliphatic heterocycles. The van der Waals surface area contributed by atoms with Crippen LogP contribution in [0.3, 0.4) is 0 Å². The van der Waals surface area contributed by atoms with Crippen molar-refractivity contribution in [1.82, 2.24) is 4.90 Å². The van der Waals surface area contributed by atoms with Gasteiger partial charge in [0.2, 0.25) is 0 Å². The number of hydrogen-bond acceptors (Lipinski definition) is 4. The average molecular weight is 241 g/mol. The van der Waals surface area contributed by atoms with Gasteiger partial charge in [0, 0.05) is 18.8 Å². The molecule has 0 aromatic heterocycles. The van der Waals surface area contributed by atoms with Gasteiger partial charge in [-0.25, -0.2) is 9.59 Å². The summed E-state index contributed by atoms with van der Waals surface area (Å²) in [6.07, 6.45) is 3.44. The quantitative estimate of drug-likeness (QED) is 0.429. The maximum Gasteiger partial charge on any atom is 0.414 e. The van der Waals surface area contributed by atoms with Gasteiger partial charge in [-0.05, 0) is 20.8 Å². The third-order valence-electron chi connectivity index (χ3n) is 1.55. The first-order valence-corrected chi connectivity index (χ1v) is 5.17. The smallest absolute Gasteiger partial charge is 0.414 e. The zero-order chi connectivity index (χ0) is 13.5. The fourth-order valence-corrected chi connectivity index (χ4v) is 0.875. The van der Waals surface area contributed by atoms with Crippen LogP contribution in [0.1, 0.15) is 20.8 Å². The number of carbonyl (C=O) groups excluding carboxylic acids is 2. The largest absolute Gasteiger partial charge is 0.466 e. The van der Waals surface area contributed by atoms with Crippen molar-refractivity contribution in [3.05, 3.63) is 24.9 Å². The molecule has 0 radical (unpaired) electrons. The van der Waals surface area contributed by atoms with Crippen molar-refractivity contribution in [2.24, 2.45) is 0 Å². The number of carbonyl (C=O) groups is 2. The van der Waals surface area contributed by atoms with Gasteiger partial charge in [0.05, 0.1) is 7.11 Å². The molecule has 0 saturated heterocycles. The van der Waals surface area contributed by atoms with E-state index in [9.17, 15) is 9.59 Å². The second-order valence-electron chi connectivity index (χ2n) is 4.26. The summed E-state index contributed by atoms with van der Waals surface area (Å²) < 4.78 is 9.58. The molecule has 0 spiro atoms. The molecule has 1 amide bonds. The van der Waals surface area contributed by atoms with Crippen LogP contribution in [0.5, 0.6) is 0 Å². The molecule has 0 atom stereocenters. The highest BCUT2D eigenvalue weighted by Gasteiger charge is 2.20. The van der Waals surface area contributed by atoms with E-state index in [0.29, 0.717) is 0 Å². The van der Waals surface area contributed by atoms with Crippen LogP contribution < -0.4 is 0 Å². The molecular formula is C12H19NO4. The van der Waals surface area contributed by atoms with Crippen molar-refractivity contribution in [3.8, 4) is 0 Å². The van der Waals surface area contributed by atoms with Crippen LogP contribution in [0.25, 0.3) is 0 Å². The fourth-order valence-electron chi connectivity index (χ4n) is 0.875. The van der Waals surface area contributed by atoms with E-state index < -0.39 is 17.7 Å². The lowest BCUT2D eigenvalue weighted by molar-refractivity contribution is -0.134. The topological polar surface area (TPSA) is 55.8 Å². The Bertz CT molecular complexity index is 315. The lowest BCUT2D eigenvalue weighted by Crippen LogP contribution is -2.33. The number of amides is 1. The number of hydrogen-bond donors (Lipinski definition) is 0. The molecule has 0 saturated carbocycles. The van der Waals surface area contributed by atoms with Gasteiger partial charge in [-0.1, -0.05) is 6.08 Å². The second-order valence-corrected chi connectivity index (χ2v) is 4.26. The molecule has 0 bridgehead atoms. The zero-order valence-corrected chi connectivity index (χ0v) is 10.7. The Morgan fingerprint density at radius 2 is 1.94 bits per heavy atom. The average Bonchev–Trinajstić information content (AvgIpc) is 2.20. The van der Waals surface area contributed by atoms with Crippen LogP contribution in [0.15, 0.2) is 24.9 Å². The van der Waals surface area contributed by atoms with E-state index in [-0.39, 0.29) is 6.54 Å². The minimum atomic E-state index is -0.588. The van der Waals surface area contributed by atoms with Gasteiger partial charge < -0.3 is 9.47 Å². The zero-order valence-electron chi connectivity index (χ0n) is 10.7. The molecule has 0 aliphatic rings. The van der Waals surface area contributed by atoms with Crippen LogP contribution in [-0.2, 0) is 14.3 Å². The molecule has 5 nitrogen and oxygen atoms in total. The molecule has 0 aromatic rings. The molecule has 96 valence electrons. The van der Waals surface area contributed by atoms with Gasteiger partial charge in [-0.15, -0.1) is 6.58 Å². The van der Waals surface area contributed by atoms with Gasteiger partial charge in [-0.3, -0.25) is 4.90 Å². The van der Waals surface area contributed by atoms with E-state index in [2.05, 4.69) is 11.3 Å². The lowest BCUT2D eigenvalue weighted by Gasteiger charge is -2.24. The summed E-state index contributed by atoms with van der Waals surface area (Å²) in [4.78, 5) is 23.8.